The van der Waals surface area contributed by atoms with E-state index in [1.165, 1.54) is 6.42 Å². The molecule has 1 fully saturated rings. The van der Waals surface area contributed by atoms with Crippen molar-refractivity contribution in [2.45, 2.75) is 46.1 Å². The van der Waals surface area contributed by atoms with Gasteiger partial charge in [0.1, 0.15) is 0 Å². The van der Waals surface area contributed by atoms with Crippen molar-refractivity contribution in [1.82, 2.24) is 4.90 Å². The van der Waals surface area contributed by atoms with Crippen molar-refractivity contribution in [3.8, 4) is 0 Å². The molecule has 3 nitrogen and oxygen atoms in total. The van der Waals surface area contributed by atoms with E-state index in [1.807, 2.05) is 0 Å². The molecule has 0 saturated carbocycles. The Morgan fingerprint density at radius 1 is 1.44 bits per heavy atom. The number of nitrogens with zero attached hydrogens (tertiary/aromatic N) is 1. The van der Waals surface area contributed by atoms with Crippen LogP contribution in [0, 0.1) is 11.8 Å². The number of nitrogens with two attached hydrogens (primary N) is 2. The number of piperidine rings is 1. The van der Waals surface area contributed by atoms with Crippen LogP contribution in [0.15, 0.2) is 24.0 Å². The van der Waals surface area contributed by atoms with Gasteiger partial charge in [-0.2, -0.15) is 0 Å². The molecular formula is C15H29N3. The summed E-state index contributed by atoms with van der Waals surface area (Å²) in [4.78, 5) is 2.30. The third-order valence-corrected chi connectivity index (χ3v) is 3.84. The molecule has 1 unspecified atom stereocenters. The van der Waals surface area contributed by atoms with Crippen molar-refractivity contribution >= 4 is 0 Å². The normalized spacial score (nSPS) is 23.9. The molecule has 0 amide bonds. The van der Waals surface area contributed by atoms with Gasteiger partial charge in [-0.1, -0.05) is 26.8 Å². The van der Waals surface area contributed by atoms with Crippen LogP contribution in [0.5, 0.6) is 0 Å². The van der Waals surface area contributed by atoms with Crippen LogP contribution in [-0.2, 0) is 0 Å². The summed E-state index contributed by atoms with van der Waals surface area (Å²) in [7, 11) is 0. The van der Waals surface area contributed by atoms with Gasteiger partial charge in [0.25, 0.3) is 0 Å². The standard InChI is InChI=1S/C15H29N3/c1-4-13(12(2)3)7-8-15(10-16)18-9-5-6-14(17)11-18/h7-8,10,12-14H,4-6,9,11,16-17H2,1-3H3/b8-7-,15-10+/t13?,14-/m1/s1. The van der Waals surface area contributed by atoms with Crippen molar-refractivity contribution in [3.05, 3.63) is 24.0 Å². The zero-order chi connectivity index (χ0) is 13.5. The largest absolute Gasteiger partial charge is 0.403 e. The Kier molecular flexibility index (Phi) is 6.27. The van der Waals surface area contributed by atoms with E-state index in [9.17, 15) is 0 Å². The van der Waals surface area contributed by atoms with Gasteiger partial charge in [0, 0.05) is 25.3 Å². The lowest BCUT2D eigenvalue weighted by Crippen LogP contribution is -2.42. The zero-order valence-electron chi connectivity index (χ0n) is 12.1. The number of rotatable bonds is 5. The maximum Gasteiger partial charge on any atom is 0.0521 e. The second kappa shape index (κ2) is 7.47. The number of likely N-dealkylation sites (tertiary alicyclic amines) is 1. The van der Waals surface area contributed by atoms with E-state index in [1.54, 1.807) is 6.20 Å². The molecule has 104 valence electrons. The van der Waals surface area contributed by atoms with Crippen LogP contribution in [0.2, 0.25) is 0 Å². The molecule has 18 heavy (non-hydrogen) atoms. The van der Waals surface area contributed by atoms with Crippen LogP contribution in [-0.4, -0.2) is 24.0 Å². The first-order chi connectivity index (χ1) is 8.58. The quantitative estimate of drug-likeness (QED) is 0.738. The zero-order valence-corrected chi connectivity index (χ0v) is 12.1. The van der Waals surface area contributed by atoms with Crippen LogP contribution in [0.3, 0.4) is 0 Å². The smallest absolute Gasteiger partial charge is 0.0521 e. The summed E-state index contributed by atoms with van der Waals surface area (Å²) in [6, 6.07) is 0.286. The molecule has 4 N–H and O–H groups in total. The van der Waals surface area contributed by atoms with Crippen LogP contribution in [0.1, 0.15) is 40.0 Å². The van der Waals surface area contributed by atoms with E-state index in [0.717, 1.165) is 31.6 Å². The van der Waals surface area contributed by atoms with Crippen molar-refractivity contribution in [3.63, 3.8) is 0 Å². The van der Waals surface area contributed by atoms with Crippen LogP contribution in [0.4, 0.5) is 0 Å². The van der Waals surface area contributed by atoms with Gasteiger partial charge in [-0.3, -0.25) is 0 Å². The molecule has 0 aromatic carbocycles. The topological polar surface area (TPSA) is 55.3 Å². The molecule has 1 heterocycles. The minimum atomic E-state index is 0.286. The number of allylic oxidation sites excluding steroid dienone is 2. The molecule has 0 aliphatic carbocycles. The first kappa shape index (κ1) is 15.1. The summed E-state index contributed by atoms with van der Waals surface area (Å²) in [5.41, 5.74) is 12.9. The third kappa shape index (κ3) is 4.37. The molecule has 0 spiro atoms. The average molecular weight is 251 g/mol. The predicted octanol–water partition coefficient (Wildman–Crippen LogP) is 2.45. The average Bonchev–Trinajstić information content (AvgIpc) is 2.34. The summed E-state index contributed by atoms with van der Waals surface area (Å²) in [5.74, 6) is 1.30. The van der Waals surface area contributed by atoms with E-state index in [2.05, 4.69) is 37.8 Å². The third-order valence-electron chi connectivity index (χ3n) is 3.84. The maximum absolute atomic E-state index is 6.01. The summed E-state index contributed by atoms with van der Waals surface area (Å²) in [5, 5.41) is 0. The molecule has 1 aliphatic heterocycles. The number of hydrogen-bond donors (Lipinski definition) is 2. The van der Waals surface area contributed by atoms with Gasteiger partial charge in [-0.25, -0.2) is 0 Å². The molecule has 0 radical (unpaired) electrons. The van der Waals surface area contributed by atoms with Crippen molar-refractivity contribution in [2.75, 3.05) is 13.1 Å². The monoisotopic (exact) mass is 251 g/mol. The Morgan fingerprint density at radius 2 is 2.17 bits per heavy atom. The summed E-state index contributed by atoms with van der Waals surface area (Å²) in [6.45, 7) is 8.76. The van der Waals surface area contributed by atoms with Gasteiger partial charge < -0.3 is 16.4 Å². The molecule has 0 aromatic rings. The lowest BCUT2D eigenvalue weighted by Gasteiger charge is -2.33. The summed E-state index contributed by atoms with van der Waals surface area (Å²) in [6.07, 6.45) is 9.64. The molecule has 2 atom stereocenters. The van der Waals surface area contributed by atoms with Gasteiger partial charge in [-0.05, 0) is 37.2 Å². The Bertz CT molecular complexity index is 294. The Labute approximate surface area is 112 Å². The van der Waals surface area contributed by atoms with Crippen molar-refractivity contribution in [2.24, 2.45) is 23.3 Å². The van der Waals surface area contributed by atoms with Crippen molar-refractivity contribution < 1.29 is 0 Å². The molecule has 0 aromatic heterocycles. The lowest BCUT2D eigenvalue weighted by molar-refractivity contribution is 0.265. The summed E-state index contributed by atoms with van der Waals surface area (Å²) >= 11 is 0. The SMILES string of the molecule is CCC(/C=C\C(=C/N)N1CCC[C@@H](N)C1)C(C)C. The fourth-order valence-corrected chi connectivity index (χ4v) is 2.56. The Hall–Kier alpha value is -0.960. The highest BCUT2D eigenvalue weighted by atomic mass is 15.2. The molecule has 0 bridgehead atoms. The molecule has 1 aliphatic rings. The minimum Gasteiger partial charge on any atom is -0.403 e. The molecular weight excluding hydrogens is 222 g/mol. The highest BCUT2D eigenvalue weighted by Gasteiger charge is 2.17. The fraction of sp³-hybridized carbons (Fsp3) is 0.733. The van der Waals surface area contributed by atoms with Crippen molar-refractivity contribution in [1.29, 1.82) is 0 Å². The van der Waals surface area contributed by atoms with Crippen LogP contribution >= 0.6 is 0 Å². The molecule has 1 rings (SSSR count). The van der Waals surface area contributed by atoms with Crippen LogP contribution < -0.4 is 11.5 Å². The van der Waals surface area contributed by atoms with E-state index in [-0.39, 0.29) is 6.04 Å². The molecule has 3 heteroatoms. The van der Waals surface area contributed by atoms with Gasteiger partial charge in [0.05, 0.1) is 5.70 Å². The van der Waals surface area contributed by atoms with Gasteiger partial charge in [0.15, 0.2) is 0 Å². The number of hydrogen-bond acceptors (Lipinski definition) is 3. The summed E-state index contributed by atoms with van der Waals surface area (Å²) < 4.78 is 0. The first-order valence-electron chi connectivity index (χ1n) is 7.19. The van der Waals surface area contributed by atoms with Crippen LogP contribution in [0.25, 0.3) is 0 Å². The Morgan fingerprint density at radius 3 is 2.67 bits per heavy atom. The van der Waals surface area contributed by atoms with E-state index in [0.29, 0.717) is 11.8 Å². The van der Waals surface area contributed by atoms with Gasteiger partial charge in [0.2, 0.25) is 0 Å². The minimum absolute atomic E-state index is 0.286. The second-order valence-electron chi connectivity index (χ2n) is 5.62. The van der Waals surface area contributed by atoms with E-state index < -0.39 is 0 Å². The van der Waals surface area contributed by atoms with Gasteiger partial charge >= 0.3 is 0 Å². The van der Waals surface area contributed by atoms with Gasteiger partial charge in [-0.15, -0.1) is 0 Å². The fourth-order valence-electron chi connectivity index (χ4n) is 2.56. The highest BCUT2D eigenvalue weighted by Crippen LogP contribution is 2.19. The first-order valence-corrected chi connectivity index (χ1v) is 7.19. The maximum atomic E-state index is 6.01. The molecule has 1 saturated heterocycles. The van der Waals surface area contributed by atoms with E-state index in [4.69, 9.17) is 11.5 Å². The second-order valence-corrected chi connectivity index (χ2v) is 5.62. The highest BCUT2D eigenvalue weighted by molar-refractivity contribution is 5.18. The Balaban J connectivity index is 2.64. The predicted molar refractivity (Wildman–Crippen MR) is 78.8 cm³/mol. The lowest BCUT2D eigenvalue weighted by atomic mass is 9.92. The van der Waals surface area contributed by atoms with E-state index >= 15 is 0 Å².